The molecule has 1 heterocycles. The molecule has 1 aromatic carbocycles. The second-order valence-corrected chi connectivity index (χ2v) is 7.68. The molecular formula is C22H33N5O. The first-order chi connectivity index (χ1) is 13.3. The normalized spacial score (nSPS) is 11.2. The molecule has 152 valence electrons. The van der Waals surface area contributed by atoms with E-state index in [1.165, 1.54) is 0 Å². The highest BCUT2D eigenvalue weighted by molar-refractivity contribution is 5.94. The SMILES string of the molecule is CC(C)N(CCNC(=O)c1ccnc(Nc2cccc(N(C)C)c2)c1)C(C)C. The zero-order valence-electron chi connectivity index (χ0n) is 17.9. The van der Waals surface area contributed by atoms with Crippen molar-refractivity contribution in [2.75, 3.05) is 37.4 Å². The van der Waals surface area contributed by atoms with Crippen LogP contribution in [0, 0.1) is 0 Å². The van der Waals surface area contributed by atoms with Crippen LogP contribution in [-0.2, 0) is 0 Å². The van der Waals surface area contributed by atoms with Crippen molar-refractivity contribution in [2.24, 2.45) is 0 Å². The number of carbonyl (C=O) groups excluding carboxylic acids is 1. The number of pyridine rings is 1. The maximum absolute atomic E-state index is 12.5. The van der Waals surface area contributed by atoms with Gasteiger partial charge in [0.05, 0.1) is 0 Å². The second kappa shape index (κ2) is 10.1. The molecule has 0 spiro atoms. The number of nitrogens with zero attached hydrogens (tertiary/aromatic N) is 3. The van der Waals surface area contributed by atoms with E-state index >= 15 is 0 Å². The van der Waals surface area contributed by atoms with Gasteiger partial charge in [0.2, 0.25) is 0 Å². The Morgan fingerprint density at radius 1 is 1.07 bits per heavy atom. The summed E-state index contributed by atoms with van der Waals surface area (Å²) in [6, 6.07) is 12.5. The fourth-order valence-electron chi connectivity index (χ4n) is 3.16. The van der Waals surface area contributed by atoms with Crippen LogP contribution < -0.4 is 15.5 Å². The third-order valence-corrected chi connectivity index (χ3v) is 4.64. The molecule has 1 aromatic heterocycles. The van der Waals surface area contributed by atoms with Crippen LogP contribution in [0.2, 0.25) is 0 Å². The van der Waals surface area contributed by atoms with E-state index in [4.69, 9.17) is 0 Å². The molecule has 0 bridgehead atoms. The molecule has 28 heavy (non-hydrogen) atoms. The minimum Gasteiger partial charge on any atom is -0.378 e. The molecule has 0 saturated carbocycles. The van der Waals surface area contributed by atoms with Crippen LogP contribution in [0.5, 0.6) is 0 Å². The number of benzene rings is 1. The van der Waals surface area contributed by atoms with Crippen LogP contribution in [-0.4, -0.2) is 55.1 Å². The first-order valence-corrected chi connectivity index (χ1v) is 9.82. The minimum atomic E-state index is -0.0834. The van der Waals surface area contributed by atoms with Gasteiger partial charge in [-0.15, -0.1) is 0 Å². The maximum atomic E-state index is 12.5. The largest absolute Gasteiger partial charge is 0.378 e. The Morgan fingerprint density at radius 3 is 2.43 bits per heavy atom. The summed E-state index contributed by atoms with van der Waals surface area (Å²) in [7, 11) is 4.00. The molecule has 0 aliphatic rings. The molecule has 6 heteroatoms. The third kappa shape index (κ3) is 6.23. The number of aromatic nitrogens is 1. The van der Waals surface area contributed by atoms with E-state index < -0.39 is 0 Å². The van der Waals surface area contributed by atoms with Crippen LogP contribution >= 0.6 is 0 Å². The van der Waals surface area contributed by atoms with Crippen molar-refractivity contribution in [1.29, 1.82) is 0 Å². The minimum absolute atomic E-state index is 0.0834. The van der Waals surface area contributed by atoms with Gasteiger partial charge >= 0.3 is 0 Å². The third-order valence-electron chi connectivity index (χ3n) is 4.64. The van der Waals surface area contributed by atoms with Gasteiger partial charge in [0.1, 0.15) is 5.82 Å². The number of anilines is 3. The lowest BCUT2D eigenvalue weighted by Gasteiger charge is -2.30. The Morgan fingerprint density at radius 2 is 1.79 bits per heavy atom. The van der Waals surface area contributed by atoms with Crippen LogP contribution in [0.4, 0.5) is 17.2 Å². The Balaban J connectivity index is 1.98. The molecule has 0 atom stereocenters. The number of rotatable bonds is 9. The Kier molecular flexibility index (Phi) is 7.81. The lowest BCUT2D eigenvalue weighted by molar-refractivity contribution is 0.0939. The van der Waals surface area contributed by atoms with E-state index in [1.807, 2.05) is 43.3 Å². The van der Waals surface area contributed by atoms with E-state index in [9.17, 15) is 4.79 Å². The van der Waals surface area contributed by atoms with Gasteiger partial charge in [-0.05, 0) is 58.0 Å². The molecule has 2 rings (SSSR count). The molecular weight excluding hydrogens is 350 g/mol. The Bertz CT molecular complexity index is 765. The monoisotopic (exact) mass is 383 g/mol. The van der Waals surface area contributed by atoms with Gasteiger partial charge in [-0.1, -0.05) is 6.07 Å². The lowest BCUT2D eigenvalue weighted by Crippen LogP contribution is -2.42. The first-order valence-electron chi connectivity index (χ1n) is 9.82. The fourth-order valence-corrected chi connectivity index (χ4v) is 3.16. The van der Waals surface area contributed by atoms with Gasteiger partial charge in [0.25, 0.3) is 5.91 Å². The van der Waals surface area contributed by atoms with Gasteiger partial charge in [-0.3, -0.25) is 9.69 Å². The zero-order chi connectivity index (χ0) is 20.7. The van der Waals surface area contributed by atoms with E-state index in [1.54, 1.807) is 18.3 Å². The topological polar surface area (TPSA) is 60.5 Å². The van der Waals surface area contributed by atoms with Gasteiger partial charge in [0, 0.05) is 62.4 Å². The van der Waals surface area contributed by atoms with E-state index in [0.717, 1.165) is 17.9 Å². The van der Waals surface area contributed by atoms with Gasteiger partial charge in [0.15, 0.2) is 0 Å². The van der Waals surface area contributed by atoms with Crippen LogP contribution in [0.3, 0.4) is 0 Å². The van der Waals surface area contributed by atoms with Crippen molar-refractivity contribution in [2.45, 2.75) is 39.8 Å². The summed E-state index contributed by atoms with van der Waals surface area (Å²) in [5, 5.41) is 6.28. The number of amides is 1. The predicted octanol–water partition coefficient (Wildman–Crippen LogP) is 3.74. The van der Waals surface area contributed by atoms with Gasteiger partial charge < -0.3 is 15.5 Å². The smallest absolute Gasteiger partial charge is 0.251 e. The van der Waals surface area contributed by atoms with Crippen LogP contribution in [0.15, 0.2) is 42.6 Å². The summed E-state index contributed by atoms with van der Waals surface area (Å²) in [6.07, 6.45) is 1.65. The highest BCUT2D eigenvalue weighted by Crippen LogP contribution is 2.20. The van der Waals surface area contributed by atoms with E-state index in [2.05, 4.69) is 48.2 Å². The summed E-state index contributed by atoms with van der Waals surface area (Å²) >= 11 is 0. The highest BCUT2D eigenvalue weighted by Gasteiger charge is 2.14. The molecule has 0 saturated heterocycles. The summed E-state index contributed by atoms with van der Waals surface area (Å²) < 4.78 is 0. The fraction of sp³-hybridized carbons (Fsp3) is 0.455. The molecule has 0 unspecified atom stereocenters. The van der Waals surface area contributed by atoms with E-state index in [0.29, 0.717) is 30.0 Å². The summed E-state index contributed by atoms with van der Waals surface area (Å²) in [5.41, 5.74) is 2.63. The van der Waals surface area contributed by atoms with Crippen molar-refractivity contribution in [1.82, 2.24) is 15.2 Å². The molecule has 2 aromatic rings. The molecule has 0 radical (unpaired) electrons. The van der Waals surface area contributed by atoms with Crippen molar-refractivity contribution >= 4 is 23.1 Å². The molecule has 1 amide bonds. The zero-order valence-corrected chi connectivity index (χ0v) is 17.9. The Labute approximate surface area is 169 Å². The van der Waals surface area contributed by atoms with Gasteiger partial charge in [-0.2, -0.15) is 0 Å². The summed E-state index contributed by atoms with van der Waals surface area (Å²) in [6.45, 7) is 10.1. The predicted molar refractivity (Wildman–Crippen MR) is 118 cm³/mol. The van der Waals surface area contributed by atoms with E-state index in [-0.39, 0.29) is 5.91 Å². The molecule has 0 fully saturated rings. The highest BCUT2D eigenvalue weighted by atomic mass is 16.1. The quantitative estimate of drug-likeness (QED) is 0.691. The first kappa shape index (κ1) is 21.7. The molecule has 0 aliphatic carbocycles. The maximum Gasteiger partial charge on any atom is 0.251 e. The number of hydrogen-bond donors (Lipinski definition) is 2. The lowest BCUT2D eigenvalue weighted by atomic mass is 10.2. The summed E-state index contributed by atoms with van der Waals surface area (Å²) in [4.78, 5) is 21.3. The summed E-state index contributed by atoms with van der Waals surface area (Å²) in [5.74, 6) is 0.564. The van der Waals surface area contributed by atoms with Gasteiger partial charge in [-0.25, -0.2) is 4.98 Å². The van der Waals surface area contributed by atoms with Crippen molar-refractivity contribution in [3.63, 3.8) is 0 Å². The average molecular weight is 384 g/mol. The van der Waals surface area contributed by atoms with Crippen LogP contribution in [0.25, 0.3) is 0 Å². The van der Waals surface area contributed by atoms with Crippen LogP contribution in [0.1, 0.15) is 38.1 Å². The standard InChI is InChI=1S/C22H33N5O/c1-16(2)27(17(3)4)13-12-24-22(28)18-10-11-23-21(14-18)25-19-8-7-9-20(15-19)26(5)6/h7-11,14-17H,12-13H2,1-6H3,(H,23,25)(H,24,28). The second-order valence-electron chi connectivity index (χ2n) is 7.68. The molecule has 0 aliphatic heterocycles. The molecule has 6 nitrogen and oxygen atoms in total. The van der Waals surface area contributed by atoms with Crippen molar-refractivity contribution in [3.8, 4) is 0 Å². The molecule has 2 N–H and O–H groups in total. The number of hydrogen-bond acceptors (Lipinski definition) is 5. The van der Waals surface area contributed by atoms with Crippen molar-refractivity contribution in [3.05, 3.63) is 48.2 Å². The number of carbonyl (C=O) groups is 1. The van der Waals surface area contributed by atoms with Crippen molar-refractivity contribution < 1.29 is 4.79 Å². The average Bonchev–Trinajstić information content (AvgIpc) is 2.64. The number of nitrogens with one attached hydrogen (secondary N) is 2. The Hall–Kier alpha value is -2.60.